The van der Waals surface area contributed by atoms with Crippen molar-refractivity contribution >= 4 is 17.7 Å². The van der Waals surface area contributed by atoms with E-state index in [4.69, 9.17) is 4.42 Å². The molecular formula is C15H23N3O4. The maximum Gasteiger partial charge on any atom is 0.287 e. The van der Waals surface area contributed by atoms with Crippen molar-refractivity contribution in [2.24, 2.45) is 5.41 Å². The molecule has 0 saturated carbocycles. The predicted octanol–water partition coefficient (Wildman–Crippen LogP) is 0.676. The second-order valence-electron chi connectivity index (χ2n) is 5.97. The Labute approximate surface area is 129 Å². The minimum absolute atomic E-state index is 0.193. The summed E-state index contributed by atoms with van der Waals surface area (Å²) in [5.74, 6) is -0.614. The van der Waals surface area contributed by atoms with Gasteiger partial charge < -0.3 is 20.4 Å². The van der Waals surface area contributed by atoms with Crippen molar-refractivity contribution in [1.29, 1.82) is 0 Å². The summed E-state index contributed by atoms with van der Waals surface area (Å²) in [7, 11) is 0. The second kappa shape index (κ2) is 7.63. The van der Waals surface area contributed by atoms with E-state index in [9.17, 15) is 14.4 Å². The Morgan fingerprint density at radius 1 is 1.18 bits per heavy atom. The number of nitrogens with one attached hydrogen (secondary N) is 3. The minimum atomic E-state index is -0.632. The third kappa shape index (κ3) is 5.59. The van der Waals surface area contributed by atoms with Crippen molar-refractivity contribution in [2.75, 3.05) is 13.1 Å². The summed E-state index contributed by atoms with van der Waals surface area (Å²) in [5.41, 5.74) is -0.550. The van der Waals surface area contributed by atoms with Gasteiger partial charge in [0.2, 0.25) is 11.8 Å². The Balaban J connectivity index is 2.25. The maximum atomic E-state index is 11.8. The molecule has 3 N–H and O–H groups in total. The molecule has 0 aliphatic rings. The van der Waals surface area contributed by atoms with Gasteiger partial charge in [0.1, 0.15) is 6.04 Å². The number of carbonyl (C=O) groups is 3. The summed E-state index contributed by atoms with van der Waals surface area (Å²) >= 11 is 0. The summed E-state index contributed by atoms with van der Waals surface area (Å²) in [5, 5.41) is 7.89. The quantitative estimate of drug-likeness (QED) is 0.673. The average Bonchev–Trinajstić information content (AvgIpc) is 2.96. The fourth-order valence-corrected chi connectivity index (χ4v) is 1.49. The van der Waals surface area contributed by atoms with Gasteiger partial charge in [-0.2, -0.15) is 0 Å². The van der Waals surface area contributed by atoms with Crippen LogP contribution in [0, 0.1) is 5.41 Å². The van der Waals surface area contributed by atoms with Gasteiger partial charge in [-0.15, -0.1) is 0 Å². The summed E-state index contributed by atoms with van der Waals surface area (Å²) in [6.07, 6.45) is 1.41. The zero-order valence-corrected chi connectivity index (χ0v) is 13.4. The topological polar surface area (TPSA) is 100 Å². The summed E-state index contributed by atoms with van der Waals surface area (Å²) in [4.78, 5) is 35.2. The van der Waals surface area contributed by atoms with Crippen molar-refractivity contribution < 1.29 is 18.8 Å². The van der Waals surface area contributed by atoms with Crippen molar-refractivity contribution in [3.05, 3.63) is 24.2 Å². The SMILES string of the molecule is CC(NC(=O)C(C)(C)C)C(=O)NCCNC(=O)c1ccco1. The monoisotopic (exact) mass is 309 g/mol. The smallest absolute Gasteiger partial charge is 0.287 e. The van der Waals surface area contributed by atoms with Crippen LogP contribution in [0.4, 0.5) is 0 Å². The Kier molecular flexibility index (Phi) is 6.15. The van der Waals surface area contributed by atoms with E-state index in [1.54, 1.807) is 39.8 Å². The lowest BCUT2D eigenvalue weighted by Gasteiger charge is -2.21. The lowest BCUT2D eigenvalue weighted by molar-refractivity contribution is -0.133. The third-order valence-electron chi connectivity index (χ3n) is 2.88. The number of furan rings is 1. The van der Waals surface area contributed by atoms with E-state index in [0.717, 1.165) is 0 Å². The van der Waals surface area contributed by atoms with Crippen molar-refractivity contribution in [3.8, 4) is 0 Å². The van der Waals surface area contributed by atoms with Gasteiger partial charge in [0, 0.05) is 18.5 Å². The largest absolute Gasteiger partial charge is 0.459 e. The molecule has 22 heavy (non-hydrogen) atoms. The van der Waals surface area contributed by atoms with Gasteiger partial charge in [-0.3, -0.25) is 14.4 Å². The van der Waals surface area contributed by atoms with Crippen LogP contribution in [-0.4, -0.2) is 36.9 Å². The van der Waals surface area contributed by atoms with Gasteiger partial charge in [-0.1, -0.05) is 20.8 Å². The second-order valence-corrected chi connectivity index (χ2v) is 5.97. The molecule has 1 aromatic rings. The first-order valence-corrected chi connectivity index (χ1v) is 7.12. The molecule has 1 aromatic heterocycles. The number of hydrogen-bond acceptors (Lipinski definition) is 4. The van der Waals surface area contributed by atoms with E-state index in [1.807, 2.05) is 0 Å². The molecule has 0 spiro atoms. The van der Waals surface area contributed by atoms with Crippen LogP contribution in [0.5, 0.6) is 0 Å². The van der Waals surface area contributed by atoms with E-state index >= 15 is 0 Å². The number of hydrogen-bond donors (Lipinski definition) is 3. The van der Waals surface area contributed by atoms with E-state index in [1.165, 1.54) is 6.26 Å². The van der Waals surface area contributed by atoms with Gasteiger partial charge in [0.05, 0.1) is 6.26 Å². The zero-order valence-electron chi connectivity index (χ0n) is 13.4. The summed E-state index contributed by atoms with van der Waals surface area (Å²) in [6.45, 7) is 7.47. The first kappa shape index (κ1) is 17.7. The molecule has 7 heteroatoms. The summed E-state index contributed by atoms with van der Waals surface area (Å²) < 4.78 is 4.94. The molecule has 1 rings (SSSR count). The molecular weight excluding hydrogens is 286 g/mol. The van der Waals surface area contributed by atoms with Crippen LogP contribution in [0.1, 0.15) is 38.2 Å². The molecule has 1 atom stereocenters. The summed E-state index contributed by atoms with van der Waals surface area (Å²) in [6, 6.07) is 2.54. The predicted molar refractivity (Wildman–Crippen MR) is 81.1 cm³/mol. The fourth-order valence-electron chi connectivity index (χ4n) is 1.49. The van der Waals surface area contributed by atoms with Gasteiger partial charge in [-0.25, -0.2) is 0 Å². The zero-order chi connectivity index (χ0) is 16.8. The molecule has 0 aliphatic carbocycles. The molecule has 0 aliphatic heterocycles. The number of carbonyl (C=O) groups excluding carboxylic acids is 3. The standard InChI is InChI=1S/C15H23N3O4/c1-10(18-14(21)15(2,3)4)12(19)16-7-8-17-13(20)11-6-5-9-22-11/h5-6,9-10H,7-8H2,1-4H3,(H,16,19)(H,17,20)(H,18,21). The minimum Gasteiger partial charge on any atom is -0.459 e. The highest BCUT2D eigenvalue weighted by molar-refractivity contribution is 5.91. The highest BCUT2D eigenvalue weighted by Crippen LogP contribution is 2.12. The van der Waals surface area contributed by atoms with Crippen LogP contribution < -0.4 is 16.0 Å². The molecule has 0 saturated heterocycles. The first-order chi connectivity index (χ1) is 10.2. The van der Waals surface area contributed by atoms with Gasteiger partial charge >= 0.3 is 0 Å². The highest BCUT2D eigenvalue weighted by atomic mass is 16.3. The first-order valence-electron chi connectivity index (χ1n) is 7.12. The van der Waals surface area contributed by atoms with E-state index < -0.39 is 11.5 Å². The van der Waals surface area contributed by atoms with Gasteiger partial charge in [0.15, 0.2) is 5.76 Å². The molecule has 1 heterocycles. The van der Waals surface area contributed by atoms with Gasteiger partial charge in [-0.05, 0) is 19.1 Å². The van der Waals surface area contributed by atoms with Crippen LogP contribution in [0.3, 0.4) is 0 Å². The maximum absolute atomic E-state index is 11.8. The van der Waals surface area contributed by atoms with Crippen LogP contribution in [-0.2, 0) is 9.59 Å². The molecule has 7 nitrogen and oxygen atoms in total. The average molecular weight is 309 g/mol. The van der Waals surface area contributed by atoms with E-state index in [0.29, 0.717) is 0 Å². The van der Waals surface area contributed by atoms with E-state index in [-0.39, 0.29) is 36.6 Å². The van der Waals surface area contributed by atoms with Crippen LogP contribution in [0.25, 0.3) is 0 Å². The molecule has 122 valence electrons. The Morgan fingerprint density at radius 3 is 2.36 bits per heavy atom. The molecule has 0 bridgehead atoms. The highest BCUT2D eigenvalue weighted by Gasteiger charge is 2.24. The van der Waals surface area contributed by atoms with Crippen molar-refractivity contribution in [3.63, 3.8) is 0 Å². The lowest BCUT2D eigenvalue weighted by Crippen LogP contribution is -2.49. The van der Waals surface area contributed by atoms with Crippen molar-refractivity contribution in [1.82, 2.24) is 16.0 Å². The lowest BCUT2D eigenvalue weighted by atomic mass is 9.95. The third-order valence-corrected chi connectivity index (χ3v) is 2.88. The van der Waals surface area contributed by atoms with E-state index in [2.05, 4.69) is 16.0 Å². The van der Waals surface area contributed by atoms with Gasteiger partial charge in [0.25, 0.3) is 5.91 Å². The fraction of sp³-hybridized carbons (Fsp3) is 0.533. The normalized spacial score (nSPS) is 12.4. The Hall–Kier alpha value is -2.31. The number of rotatable bonds is 6. The Morgan fingerprint density at radius 2 is 1.82 bits per heavy atom. The van der Waals surface area contributed by atoms with Crippen LogP contribution in [0.15, 0.2) is 22.8 Å². The molecule has 0 fully saturated rings. The molecule has 1 unspecified atom stereocenters. The molecule has 0 radical (unpaired) electrons. The van der Waals surface area contributed by atoms with Crippen molar-refractivity contribution in [2.45, 2.75) is 33.7 Å². The molecule has 0 aromatic carbocycles. The number of amides is 3. The molecule has 3 amide bonds. The van der Waals surface area contributed by atoms with Crippen LogP contribution >= 0.6 is 0 Å². The van der Waals surface area contributed by atoms with Crippen LogP contribution in [0.2, 0.25) is 0 Å². The Bertz CT molecular complexity index is 517.